The minimum atomic E-state index is -3.20. The fourth-order valence-corrected chi connectivity index (χ4v) is 3.34. The van der Waals surface area contributed by atoms with Gasteiger partial charge in [0.2, 0.25) is 0 Å². The molecule has 1 rings (SSSR count). The van der Waals surface area contributed by atoms with Gasteiger partial charge in [0.1, 0.15) is 9.84 Å². The molecule has 0 heterocycles. The van der Waals surface area contributed by atoms with Crippen LogP contribution in [0.4, 0.5) is 0 Å². The predicted octanol–water partition coefficient (Wildman–Crippen LogP) is 1.31. The van der Waals surface area contributed by atoms with Gasteiger partial charge in [0.15, 0.2) is 0 Å². The van der Waals surface area contributed by atoms with Crippen molar-refractivity contribution in [2.75, 3.05) is 12.0 Å². The van der Waals surface area contributed by atoms with Gasteiger partial charge in [0.05, 0.1) is 11.7 Å². The molecule has 4 nitrogen and oxygen atoms in total. The van der Waals surface area contributed by atoms with E-state index in [1.165, 1.54) is 0 Å². The van der Waals surface area contributed by atoms with Gasteiger partial charge in [-0.2, -0.15) is 0 Å². The molecule has 1 N–H and O–H groups in total. The molecular formula is C10H18O4S. The predicted molar refractivity (Wildman–Crippen MR) is 57.4 cm³/mol. The molecule has 0 aromatic carbocycles. The summed E-state index contributed by atoms with van der Waals surface area (Å²) in [4.78, 5) is 11.0. The topological polar surface area (TPSA) is 71.4 Å². The molecule has 1 aliphatic carbocycles. The van der Waals surface area contributed by atoms with E-state index in [1.807, 2.05) is 0 Å². The zero-order valence-corrected chi connectivity index (χ0v) is 9.79. The van der Waals surface area contributed by atoms with Crippen LogP contribution in [0.15, 0.2) is 0 Å². The summed E-state index contributed by atoms with van der Waals surface area (Å²) >= 11 is 0. The molecule has 1 atom stereocenters. The summed E-state index contributed by atoms with van der Waals surface area (Å²) in [5, 5.41) is 9.02. The first kappa shape index (κ1) is 12.5. The van der Waals surface area contributed by atoms with Crippen molar-refractivity contribution in [2.45, 2.75) is 32.1 Å². The number of sulfone groups is 1. The molecule has 1 aliphatic rings. The van der Waals surface area contributed by atoms with E-state index in [0.29, 0.717) is 0 Å². The molecule has 0 unspecified atom stereocenters. The average Bonchev–Trinajstić information content (AvgIpc) is 2.14. The van der Waals surface area contributed by atoms with Crippen LogP contribution in [-0.4, -0.2) is 31.5 Å². The van der Waals surface area contributed by atoms with Crippen LogP contribution < -0.4 is 0 Å². The lowest BCUT2D eigenvalue weighted by Crippen LogP contribution is -2.31. The Labute approximate surface area is 90.6 Å². The van der Waals surface area contributed by atoms with Crippen LogP contribution in [-0.2, 0) is 14.6 Å². The first-order valence-electron chi connectivity index (χ1n) is 5.30. The SMILES string of the molecule is CS(=O)(=O)C[C@H](C(=O)O)C1CCCCC1. The van der Waals surface area contributed by atoms with Crippen molar-refractivity contribution in [3.8, 4) is 0 Å². The number of hydrogen-bond acceptors (Lipinski definition) is 3. The van der Waals surface area contributed by atoms with Crippen LogP contribution in [0.2, 0.25) is 0 Å². The Morgan fingerprint density at radius 3 is 2.27 bits per heavy atom. The van der Waals surface area contributed by atoms with Gasteiger partial charge in [0.25, 0.3) is 0 Å². The Bertz CT molecular complexity index is 314. The zero-order chi connectivity index (χ0) is 11.5. The zero-order valence-electron chi connectivity index (χ0n) is 8.98. The summed E-state index contributed by atoms with van der Waals surface area (Å²) in [6.07, 6.45) is 6.00. The Hall–Kier alpha value is -0.580. The van der Waals surface area contributed by atoms with Crippen molar-refractivity contribution < 1.29 is 18.3 Å². The molecular weight excluding hydrogens is 216 g/mol. The van der Waals surface area contributed by atoms with Gasteiger partial charge in [-0.3, -0.25) is 4.79 Å². The number of carboxylic acids is 1. The fraction of sp³-hybridized carbons (Fsp3) is 0.900. The third kappa shape index (κ3) is 4.20. The van der Waals surface area contributed by atoms with Crippen LogP contribution in [0.25, 0.3) is 0 Å². The molecule has 1 saturated carbocycles. The summed E-state index contributed by atoms with van der Waals surface area (Å²) < 4.78 is 22.3. The maximum Gasteiger partial charge on any atom is 0.307 e. The summed E-state index contributed by atoms with van der Waals surface area (Å²) in [6, 6.07) is 0. The van der Waals surface area contributed by atoms with Crippen molar-refractivity contribution in [3.05, 3.63) is 0 Å². The van der Waals surface area contributed by atoms with Crippen molar-refractivity contribution in [3.63, 3.8) is 0 Å². The highest BCUT2D eigenvalue weighted by molar-refractivity contribution is 7.90. The van der Waals surface area contributed by atoms with Crippen molar-refractivity contribution in [1.82, 2.24) is 0 Å². The second-order valence-electron chi connectivity index (χ2n) is 4.44. The van der Waals surface area contributed by atoms with Crippen molar-refractivity contribution in [2.24, 2.45) is 11.8 Å². The molecule has 0 aromatic rings. The minimum Gasteiger partial charge on any atom is -0.481 e. The van der Waals surface area contributed by atoms with Gasteiger partial charge in [-0.1, -0.05) is 19.3 Å². The van der Waals surface area contributed by atoms with E-state index in [-0.39, 0.29) is 11.7 Å². The molecule has 5 heteroatoms. The lowest BCUT2D eigenvalue weighted by atomic mass is 9.81. The Balaban J connectivity index is 2.68. The van der Waals surface area contributed by atoms with Gasteiger partial charge in [-0.25, -0.2) is 8.42 Å². The third-order valence-corrected chi connectivity index (χ3v) is 3.98. The van der Waals surface area contributed by atoms with E-state index in [4.69, 9.17) is 5.11 Å². The Morgan fingerprint density at radius 1 is 1.33 bits per heavy atom. The standard InChI is InChI=1S/C10H18O4S/c1-15(13,14)7-9(10(11)12)8-5-3-2-4-6-8/h8-9H,2-7H2,1H3,(H,11,12)/t9-/m0/s1. The normalized spacial score (nSPS) is 21.1. The highest BCUT2D eigenvalue weighted by Gasteiger charge is 2.31. The number of aliphatic carboxylic acids is 1. The van der Waals surface area contributed by atoms with Gasteiger partial charge in [-0.15, -0.1) is 0 Å². The molecule has 0 bridgehead atoms. The van der Waals surface area contributed by atoms with E-state index in [2.05, 4.69) is 0 Å². The minimum absolute atomic E-state index is 0.0472. The van der Waals surface area contributed by atoms with Crippen LogP contribution in [0, 0.1) is 11.8 Å². The van der Waals surface area contributed by atoms with E-state index in [1.54, 1.807) is 0 Å². The van der Waals surface area contributed by atoms with Crippen molar-refractivity contribution >= 4 is 15.8 Å². The van der Waals surface area contributed by atoms with Gasteiger partial charge in [0, 0.05) is 6.26 Å². The van der Waals surface area contributed by atoms with Crippen LogP contribution >= 0.6 is 0 Å². The van der Waals surface area contributed by atoms with Crippen LogP contribution in [0.5, 0.6) is 0 Å². The van der Waals surface area contributed by atoms with Crippen molar-refractivity contribution in [1.29, 1.82) is 0 Å². The monoisotopic (exact) mass is 234 g/mol. The largest absolute Gasteiger partial charge is 0.481 e. The highest BCUT2D eigenvalue weighted by atomic mass is 32.2. The summed E-state index contributed by atoms with van der Waals surface area (Å²) in [5.74, 6) is -1.84. The van der Waals surface area contributed by atoms with Gasteiger partial charge in [-0.05, 0) is 18.8 Å². The van der Waals surface area contributed by atoms with E-state index >= 15 is 0 Å². The number of hydrogen-bond donors (Lipinski definition) is 1. The lowest BCUT2D eigenvalue weighted by molar-refractivity contribution is -0.143. The lowest BCUT2D eigenvalue weighted by Gasteiger charge is -2.26. The molecule has 1 fully saturated rings. The molecule has 0 aromatic heterocycles. The quantitative estimate of drug-likeness (QED) is 0.796. The first-order chi connectivity index (χ1) is 6.90. The summed E-state index contributed by atoms with van der Waals surface area (Å²) in [5.41, 5.74) is 0. The smallest absolute Gasteiger partial charge is 0.307 e. The van der Waals surface area contributed by atoms with E-state index in [0.717, 1.165) is 38.4 Å². The fourth-order valence-electron chi connectivity index (χ4n) is 2.27. The highest BCUT2D eigenvalue weighted by Crippen LogP contribution is 2.30. The second kappa shape index (κ2) is 4.96. The Morgan fingerprint density at radius 2 is 1.87 bits per heavy atom. The molecule has 0 spiro atoms. The molecule has 0 aliphatic heterocycles. The molecule has 0 radical (unpaired) electrons. The average molecular weight is 234 g/mol. The second-order valence-corrected chi connectivity index (χ2v) is 6.62. The molecule has 15 heavy (non-hydrogen) atoms. The number of carboxylic acid groups (broad SMARTS) is 1. The van der Waals surface area contributed by atoms with Gasteiger partial charge >= 0.3 is 5.97 Å². The first-order valence-corrected chi connectivity index (χ1v) is 7.37. The third-order valence-electron chi connectivity index (χ3n) is 3.02. The van der Waals surface area contributed by atoms with Gasteiger partial charge < -0.3 is 5.11 Å². The van der Waals surface area contributed by atoms with E-state index in [9.17, 15) is 13.2 Å². The summed E-state index contributed by atoms with van der Waals surface area (Å²) in [7, 11) is -3.20. The number of rotatable bonds is 4. The number of carbonyl (C=O) groups is 1. The van der Waals surface area contributed by atoms with Crippen LogP contribution in [0.3, 0.4) is 0 Å². The Kier molecular flexibility index (Phi) is 4.13. The molecule has 0 amide bonds. The maximum absolute atomic E-state index is 11.1. The maximum atomic E-state index is 11.1. The van der Waals surface area contributed by atoms with E-state index < -0.39 is 21.7 Å². The van der Waals surface area contributed by atoms with Crippen LogP contribution in [0.1, 0.15) is 32.1 Å². The molecule has 0 saturated heterocycles. The molecule has 88 valence electrons. The summed E-state index contributed by atoms with van der Waals surface area (Å²) in [6.45, 7) is 0.